The minimum atomic E-state index is -0.633. The molecule has 0 bridgehead atoms. The molecular weight excluding hydrogens is 274 g/mol. The van der Waals surface area contributed by atoms with Crippen LogP contribution in [0.1, 0.15) is 32.6 Å². The van der Waals surface area contributed by atoms with Gasteiger partial charge in [-0.1, -0.05) is 6.92 Å². The summed E-state index contributed by atoms with van der Waals surface area (Å²) in [6, 6.07) is 0. The van der Waals surface area contributed by atoms with Crippen LogP contribution in [0.15, 0.2) is 11.8 Å². The Labute approximate surface area is 123 Å². The number of amides is 2. The maximum absolute atomic E-state index is 12.1. The number of nitrogens with one attached hydrogen (secondary N) is 2. The van der Waals surface area contributed by atoms with Gasteiger partial charge in [-0.3, -0.25) is 20.4 Å². The van der Waals surface area contributed by atoms with Crippen LogP contribution in [0.2, 0.25) is 0 Å². The number of hydrogen-bond acceptors (Lipinski definition) is 5. The van der Waals surface area contributed by atoms with Crippen molar-refractivity contribution in [1.82, 2.24) is 15.8 Å². The Morgan fingerprint density at radius 3 is 2.71 bits per heavy atom. The summed E-state index contributed by atoms with van der Waals surface area (Å²) in [5, 5.41) is 0. The van der Waals surface area contributed by atoms with E-state index in [0.29, 0.717) is 12.5 Å². The third-order valence-electron chi connectivity index (χ3n) is 3.40. The maximum Gasteiger partial charge on any atom is 0.356 e. The van der Waals surface area contributed by atoms with Crippen LogP contribution in [0.3, 0.4) is 0 Å². The van der Waals surface area contributed by atoms with E-state index in [2.05, 4.69) is 10.9 Å². The molecule has 0 spiro atoms. The van der Waals surface area contributed by atoms with E-state index in [4.69, 9.17) is 4.74 Å². The Morgan fingerprint density at radius 2 is 2.14 bits per heavy atom. The third-order valence-corrected chi connectivity index (χ3v) is 3.40. The first-order valence-corrected chi connectivity index (χ1v) is 7.30. The van der Waals surface area contributed by atoms with Crippen molar-refractivity contribution in [2.45, 2.75) is 32.6 Å². The molecule has 2 aliphatic rings. The van der Waals surface area contributed by atoms with Gasteiger partial charge in [0.25, 0.3) is 5.91 Å². The molecule has 0 aromatic heterocycles. The molecule has 116 valence electrons. The van der Waals surface area contributed by atoms with Crippen molar-refractivity contribution in [2.24, 2.45) is 5.92 Å². The molecule has 2 amide bonds. The van der Waals surface area contributed by atoms with Crippen LogP contribution in [0, 0.1) is 5.92 Å². The number of ether oxygens (including phenoxy) is 1. The van der Waals surface area contributed by atoms with Gasteiger partial charge in [-0.15, -0.1) is 0 Å². The highest BCUT2D eigenvalue weighted by Gasteiger charge is 2.27. The average molecular weight is 295 g/mol. The fourth-order valence-electron chi connectivity index (χ4n) is 2.06. The first kappa shape index (κ1) is 15.3. The number of rotatable bonds is 7. The fourth-order valence-corrected chi connectivity index (χ4v) is 2.06. The van der Waals surface area contributed by atoms with Gasteiger partial charge in [-0.05, 0) is 31.3 Å². The number of hydrogen-bond donors (Lipinski definition) is 2. The second-order valence-corrected chi connectivity index (χ2v) is 5.35. The van der Waals surface area contributed by atoms with Gasteiger partial charge < -0.3 is 9.64 Å². The summed E-state index contributed by atoms with van der Waals surface area (Å²) >= 11 is 0. The lowest BCUT2D eigenvalue weighted by atomic mass is 10.3. The highest BCUT2D eigenvalue weighted by atomic mass is 16.5. The van der Waals surface area contributed by atoms with Gasteiger partial charge in [-0.25, -0.2) is 4.79 Å². The summed E-state index contributed by atoms with van der Waals surface area (Å²) in [4.78, 5) is 36.5. The molecule has 7 heteroatoms. The summed E-state index contributed by atoms with van der Waals surface area (Å²) in [5.41, 5.74) is 4.93. The van der Waals surface area contributed by atoms with Gasteiger partial charge in [-0.2, -0.15) is 0 Å². The van der Waals surface area contributed by atoms with Crippen molar-refractivity contribution in [3.05, 3.63) is 11.8 Å². The van der Waals surface area contributed by atoms with E-state index < -0.39 is 5.97 Å². The normalized spacial score (nSPS) is 17.4. The lowest BCUT2D eigenvalue weighted by molar-refractivity contribution is -0.149. The topological polar surface area (TPSA) is 87.7 Å². The SMILES string of the molecule is CCCN(CC1CC1)C(=O)COC(=O)C1=CCC(=O)NN1. The quantitative estimate of drug-likeness (QED) is 0.650. The van der Waals surface area contributed by atoms with Crippen LogP contribution in [-0.4, -0.2) is 42.4 Å². The van der Waals surface area contributed by atoms with Crippen molar-refractivity contribution in [1.29, 1.82) is 0 Å². The Morgan fingerprint density at radius 1 is 1.38 bits per heavy atom. The van der Waals surface area contributed by atoms with Crippen molar-refractivity contribution < 1.29 is 19.1 Å². The summed E-state index contributed by atoms with van der Waals surface area (Å²) in [6.45, 7) is 3.18. The van der Waals surface area contributed by atoms with Gasteiger partial charge in [0.2, 0.25) is 5.91 Å². The van der Waals surface area contributed by atoms with E-state index in [1.54, 1.807) is 4.90 Å². The molecule has 0 aromatic rings. The van der Waals surface area contributed by atoms with E-state index in [9.17, 15) is 14.4 Å². The van der Waals surface area contributed by atoms with Crippen LogP contribution in [0.4, 0.5) is 0 Å². The van der Waals surface area contributed by atoms with E-state index in [1.807, 2.05) is 6.92 Å². The number of nitrogens with zero attached hydrogens (tertiary/aromatic N) is 1. The van der Waals surface area contributed by atoms with Crippen molar-refractivity contribution in [3.8, 4) is 0 Å². The van der Waals surface area contributed by atoms with E-state index in [-0.39, 0.29) is 30.5 Å². The largest absolute Gasteiger partial charge is 0.451 e. The Balaban J connectivity index is 1.78. The zero-order valence-electron chi connectivity index (χ0n) is 12.2. The zero-order chi connectivity index (χ0) is 15.2. The van der Waals surface area contributed by atoms with Crippen LogP contribution in [0.5, 0.6) is 0 Å². The molecule has 0 unspecified atom stereocenters. The van der Waals surface area contributed by atoms with Gasteiger partial charge in [0.1, 0.15) is 5.70 Å². The van der Waals surface area contributed by atoms with E-state index in [0.717, 1.165) is 13.0 Å². The molecule has 0 radical (unpaired) electrons. The first-order chi connectivity index (χ1) is 10.1. The molecule has 1 aliphatic heterocycles. The Kier molecular flexibility index (Phi) is 5.19. The van der Waals surface area contributed by atoms with Gasteiger partial charge in [0.05, 0.1) is 0 Å². The second-order valence-electron chi connectivity index (χ2n) is 5.35. The molecule has 1 saturated carbocycles. The lowest BCUT2D eigenvalue weighted by Crippen LogP contribution is -2.43. The molecule has 1 aliphatic carbocycles. The molecule has 0 aromatic carbocycles. The van der Waals surface area contributed by atoms with E-state index in [1.165, 1.54) is 18.9 Å². The third kappa shape index (κ3) is 4.77. The monoisotopic (exact) mass is 295 g/mol. The van der Waals surface area contributed by atoms with Gasteiger partial charge in [0, 0.05) is 19.5 Å². The predicted octanol–water partition coefficient (Wildman–Crippen LogP) is 0.0866. The molecule has 2 rings (SSSR count). The molecule has 0 saturated heterocycles. The van der Waals surface area contributed by atoms with E-state index >= 15 is 0 Å². The van der Waals surface area contributed by atoms with Crippen LogP contribution < -0.4 is 10.9 Å². The predicted molar refractivity (Wildman–Crippen MR) is 74.5 cm³/mol. The maximum atomic E-state index is 12.1. The zero-order valence-corrected chi connectivity index (χ0v) is 12.2. The highest BCUT2D eigenvalue weighted by Crippen LogP contribution is 2.29. The minimum absolute atomic E-state index is 0.120. The van der Waals surface area contributed by atoms with Crippen LogP contribution in [0.25, 0.3) is 0 Å². The Hall–Kier alpha value is -2.05. The molecule has 7 nitrogen and oxygen atoms in total. The number of esters is 1. The van der Waals surface area contributed by atoms with Gasteiger partial charge >= 0.3 is 5.97 Å². The van der Waals surface area contributed by atoms with Crippen LogP contribution in [-0.2, 0) is 19.1 Å². The summed E-state index contributed by atoms with van der Waals surface area (Å²) < 4.78 is 5.00. The smallest absolute Gasteiger partial charge is 0.356 e. The van der Waals surface area contributed by atoms with Crippen molar-refractivity contribution in [2.75, 3.05) is 19.7 Å². The highest BCUT2D eigenvalue weighted by molar-refractivity contribution is 5.92. The molecule has 1 fully saturated rings. The number of carbonyl (C=O) groups is 3. The van der Waals surface area contributed by atoms with Crippen LogP contribution >= 0.6 is 0 Å². The van der Waals surface area contributed by atoms with Crippen molar-refractivity contribution in [3.63, 3.8) is 0 Å². The Bertz CT molecular complexity index is 457. The minimum Gasteiger partial charge on any atom is -0.451 e. The van der Waals surface area contributed by atoms with Gasteiger partial charge in [0.15, 0.2) is 6.61 Å². The summed E-state index contributed by atoms with van der Waals surface area (Å²) in [6.07, 6.45) is 4.79. The molecule has 2 N–H and O–H groups in total. The molecule has 21 heavy (non-hydrogen) atoms. The summed E-state index contributed by atoms with van der Waals surface area (Å²) in [7, 11) is 0. The number of carbonyl (C=O) groups excluding carboxylic acids is 3. The average Bonchev–Trinajstić information content (AvgIpc) is 3.28. The second kappa shape index (κ2) is 7.10. The first-order valence-electron chi connectivity index (χ1n) is 7.30. The molecule has 0 atom stereocenters. The lowest BCUT2D eigenvalue weighted by Gasteiger charge is -2.22. The molecular formula is C14H21N3O4. The van der Waals surface area contributed by atoms with Crippen molar-refractivity contribution >= 4 is 17.8 Å². The molecule has 1 heterocycles. The number of hydrazine groups is 1. The standard InChI is InChI=1S/C14H21N3O4/c1-2-7-17(8-10-3-4-10)13(19)9-21-14(20)11-5-6-12(18)16-15-11/h5,10,15H,2-4,6-9H2,1H3,(H,16,18). The summed E-state index contributed by atoms with van der Waals surface area (Å²) in [5.74, 6) is -0.418. The fraction of sp³-hybridized carbons (Fsp3) is 0.643.